The van der Waals surface area contributed by atoms with Gasteiger partial charge in [-0.05, 0) is 78.6 Å². The summed E-state index contributed by atoms with van der Waals surface area (Å²) in [5.41, 5.74) is 10.6. The van der Waals surface area contributed by atoms with Crippen molar-refractivity contribution in [2.75, 3.05) is 40.4 Å². The monoisotopic (exact) mass is 891 g/mol. The second kappa shape index (κ2) is 17.3. The van der Waals surface area contributed by atoms with Crippen molar-refractivity contribution in [1.29, 1.82) is 0 Å². The highest BCUT2D eigenvalue weighted by Gasteiger charge is 2.50. The number of amides is 7. The van der Waals surface area contributed by atoms with Gasteiger partial charge in [-0.25, -0.2) is 15.1 Å². The maximum Gasteiger partial charge on any atom is 0.327 e. The van der Waals surface area contributed by atoms with E-state index in [-0.39, 0.29) is 42.6 Å². The predicted octanol–water partition coefficient (Wildman–Crippen LogP) is 6.21. The molecular formula is C50H49N7O9. The molecule has 16 nitrogen and oxygen atoms in total. The number of Topliss-reactive ketones (excluding diaryl/α,β-unsaturated/α-hetero) is 1. The minimum Gasteiger partial charge on any atom is -0.353 e. The van der Waals surface area contributed by atoms with Gasteiger partial charge in [0.15, 0.2) is 24.2 Å². The Labute approximate surface area is 379 Å². The Balaban J connectivity index is 0.000000158. The van der Waals surface area contributed by atoms with Crippen LogP contribution >= 0.6 is 0 Å². The Morgan fingerprint density at radius 1 is 0.667 bits per heavy atom. The summed E-state index contributed by atoms with van der Waals surface area (Å²) in [5, 5.41) is 11.0. The number of hydroxylamine groups is 1. The number of para-hydroxylation sites is 2. The first-order valence-corrected chi connectivity index (χ1v) is 22.3. The van der Waals surface area contributed by atoms with Crippen LogP contribution in [0, 0.1) is 0 Å². The number of nitrogens with zero attached hydrogens (tertiary/aromatic N) is 6. The molecule has 3 fully saturated rings. The van der Waals surface area contributed by atoms with Crippen LogP contribution in [0.3, 0.4) is 0 Å². The Kier molecular flexibility index (Phi) is 11.2. The minimum atomic E-state index is -0.613. The molecule has 5 aliphatic rings. The Hall–Kier alpha value is -7.14. The average molecular weight is 892 g/mol. The number of carbonyl (C=O) groups is 6. The van der Waals surface area contributed by atoms with Crippen molar-refractivity contribution in [2.24, 2.45) is 0 Å². The number of hydrogen-bond donors (Lipinski definition) is 2. The van der Waals surface area contributed by atoms with Crippen LogP contribution in [0.1, 0.15) is 85.7 Å². The molecule has 3 atom stereocenters. The van der Waals surface area contributed by atoms with Crippen molar-refractivity contribution in [1.82, 2.24) is 34.2 Å². The lowest BCUT2D eigenvalue weighted by Crippen LogP contribution is -2.36. The summed E-state index contributed by atoms with van der Waals surface area (Å²) in [5.74, 6) is -1.04. The largest absolute Gasteiger partial charge is 0.353 e. The lowest BCUT2D eigenvalue weighted by molar-refractivity contribution is -0.155. The lowest BCUT2D eigenvalue weighted by Gasteiger charge is -2.29. The van der Waals surface area contributed by atoms with Crippen LogP contribution in [-0.2, 0) is 45.0 Å². The van der Waals surface area contributed by atoms with Crippen molar-refractivity contribution in [3.05, 3.63) is 142 Å². The molecule has 7 heterocycles. The summed E-state index contributed by atoms with van der Waals surface area (Å²) in [6.07, 6.45) is 4.03. The van der Waals surface area contributed by atoms with Crippen molar-refractivity contribution >= 4 is 57.4 Å². The number of aromatic nitrogens is 2. The zero-order chi connectivity index (χ0) is 45.8. The van der Waals surface area contributed by atoms with Gasteiger partial charge in [-0.15, -0.1) is 0 Å². The van der Waals surface area contributed by atoms with Gasteiger partial charge in [-0.3, -0.25) is 34.2 Å². The average Bonchev–Trinajstić information content (AvgIpc) is 4.00. The number of benzene rings is 4. The number of ether oxygens (including phenoxy) is 2. The van der Waals surface area contributed by atoms with Crippen molar-refractivity contribution < 1.29 is 43.4 Å². The van der Waals surface area contributed by atoms with E-state index in [0.717, 1.165) is 74.7 Å². The number of imide groups is 2. The molecule has 0 spiro atoms. The van der Waals surface area contributed by atoms with Crippen LogP contribution in [0.2, 0.25) is 0 Å². The summed E-state index contributed by atoms with van der Waals surface area (Å²) in [4.78, 5) is 81.2. The number of fused-ring (bicyclic) bond motifs is 10. The zero-order valence-corrected chi connectivity index (χ0v) is 36.6. The quantitative estimate of drug-likeness (QED) is 0.0741. The van der Waals surface area contributed by atoms with E-state index in [9.17, 15) is 28.8 Å². The third kappa shape index (κ3) is 7.30. The van der Waals surface area contributed by atoms with E-state index < -0.39 is 18.0 Å². The normalized spacial score (nSPS) is 20.0. The molecular weight excluding hydrogens is 843 g/mol. The molecule has 338 valence electrons. The standard InChI is InChI=1S/C28H29N3O5.C22H20N4O4/c1-29-27(33)26-25-21(13-14-30(26)28(29)34)20-6-2-3-7-22(20)31(25)16-18-9-11-19(12-10-18)23(32)17-36-24-8-4-5-15-35-24;1-24-21(28)19-18-16(10-11-25(19)22(24)29)15-4-2-3-5-17(15)26(18)12-13-6-8-14(9-7-13)20(27)23-30/h2-3,6-7,9-12,24,26H,4-5,8,13-17H2,1H3;2-9,19,30H,10-12H2,1H3,(H,23,27). The summed E-state index contributed by atoms with van der Waals surface area (Å²) in [6.45, 7) is 2.76. The predicted molar refractivity (Wildman–Crippen MR) is 241 cm³/mol. The van der Waals surface area contributed by atoms with E-state index in [2.05, 4.69) is 27.3 Å². The second-order valence-corrected chi connectivity index (χ2v) is 17.4. The minimum absolute atomic E-state index is 0.000925. The Morgan fingerprint density at radius 3 is 1.62 bits per heavy atom. The maximum atomic E-state index is 13.1. The van der Waals surface area contributed by atoms with E-state index in [1.54, 1.807) is 34.5 Å². The first-order valence-electron chi connectivity index (χ1n) is 22.3. The molecule has 0 saturated carbocycles. The van der Waals surface area contributed by atoms with Gasteiger partial charge in [0, 0.05) is 79.8 Å². The van der Waals surface area contributed by atoms with E-state index >= 15 is 0 Å². The fourth-order valence-electron chi connectivity index (χ4n) is 10.2. The lowest BCUT2D eigenvalue weighted by atomic mass is 9.98. The Morgan fingerprint density at radius 2 is 1.15 bits per heavy atom. The van der Waals surface area contributed by atoms with Gasteiger partial charge in [-0.2, -0.15) is 0 Å². The first kappa shape index (κ1) is 42.8. The number of ketones is 1. The van der Waals surface area contributed by atoms with Crippen LogP contribution in [0.25, 0.3) is 21.8 Å². The van der Waals surface area contributed by atoms with E-state index in [1.165, 1.54) is 16.8 Å². The third-order valence-electron chi connectivity index (χ3n) is 13.6. The molecule has 0 radical (unpaired) electrons. The smallest absolute Gasteiger partial charge is 0.327 e. The molecule has 2 N–H and O–H groups in total. The summed E-state index contributed by atoms with van der Waals surface area (Å²) in [7, 11) is 3.08. The molecule has 7 amide bonds. The molecule has 3 saturated heterocycles. The molecule has 66 heavy (non-hydrogen) atoms. The highest BCUT2D eigenvalue weighted by atomic mass is 16.7. The molecule has 0 bridgehead atoms. The van der Waals surface area contributed by atoms with Gasteiger partial charge in [0.2, 0.25) is 0 Å². The van der Waals surface area contributed by atoms with Gasteiger partial charge >= 0.3 is 12.1 Å². The van der Waals surface area contributed by atoms with Gasteiger partial charge in [-0.1, -0.05) is 72.8 Å². The molecule has 3 unspecified atom stereocenters. The molecule has 5 aliphatic heterocycles. The number of rotatable bonds is 9. The number of hydrogen-bond acceptors (Lipinski definition) is 9. The van der Waals surface area contributed by atoms with Crippen LogP contribution in [0.15, 0.2) is 97.1 Å². The van der Waals surface area contributed by atoms with Gasteiger partial charge < -0.3 is 28.4 Å². The number of urea groups is 2. The van der Waals surface area contributed by atoms with Gasteiger partial charge in [0.05, 0.1) is 11.4 Å². The Bertz CT molecular complexity index is 2930. The SMILES string of the molecule is CN1C(=O)C2c3c(c4ccccc4n3Cc3ccc(C(=O)COC4CCCCO4)cc3)CCN2C1=O.CN1C(=O)C2c3c(c4ccccc4n3Cc3ccc(C(=O)NO)cc3)CCN2C1=O. The van der Waals surface area contributed by atoms with E-state index in [4.69, 9.17) is 14.7 Å². The first-order chi connectivity index (χ1) is 32.0. The van der Waals surface area contributed by atoms with E-state index in [1.807, 2.05) is 66.7 Å². The number of nitrogens with one attached hydrogen (secondary N) is 1. The highest BCUT2D eigenvalue weighted by molar-refractivity contribution is 6.07. The van der Waals surface area contributed by atoms with E-state index in [0.29, 0.717) is 56.8 Å². The van der Waals surface area contributed by atoms with Crippen molar-refractivity contribution in [2.45, 2.75) is 63.6 Å². The fourth-order valence-corrected chi connectivity index (χ4v) is 10.2. The summed E-state index contributed by atoms with van der Waals surface area (Å²) >= 11 is 0. The summed E-state index contributed by atoms with van der Waals surface area (Å²) in [6, 6.07) is 28.9. The third-order valence-corrected chi connectivity index (χ3v) is 13.6. The topological polar surface area (TPSA) is 176 Å². The number of likely N-dealkylation sites (N-methyl/N-ethyl adjacent to an activating group) is 2. The molecule has 0 aliphatic carbocycles. The van der Waals surface area contributed by atoms with Crippen molar-refractivity contribution in [3.8, 4) is 0 Å². The second-order valence-electron chi connectivity index (χ2n) is 17.4. The van der Waals surface area contributed by atoms with Crippen molar-refractivity contribution in [3.63, 3.8) is 0 Å². The van der Waals surface area contributed by atoms with Gasteiger partial charge in [0.25, 0.3) is 17.7 Å². The molecule has 11 rings (SSSR count). The fraction of sp³-hybridized carbons (Fsp3) is 0.320. The van der Waals surface area contributed by atoms with Crippen LogP contribution < -0.4 is 5.48 Å². The maximum absolute atomic E-state index is 13.1. The highest BCUT2D eigenvalue weighted by Crippen LogP contribution is 2.43. The summed E-state index contributed by atoms with van der Waals surface area (Å²) < 4.78 is 15.5. The molecule has 2 aromatic heterocycles. The van der Waals surface area contributed by atoms with Crippen LogP contribution in [0.5, 0.6) is 0 Å². The molecule has 4 aromatic carbocycles. The van der Waals surface area contributed by atoms with Crippen LogP contribution in [-0.4, -0.2) is 116 Å². The number of carbonyl (C=O) groups excluding carboxylic acids is 6. The van der Waals surface area contributed by atoms with Gasteiger partial charge in [0.1, 0.15) is 6.61 Å². The zero-order valence-electron chi connectivity index (χ0n) is 36.6. The molecule has 6 aromatic rings. The van der Waals surface area contributed by atoms with Crippen LogP contribution in [0.4, 0.5) is 9.59 Å². The molecule has 16 heteroatoms.